The molecule has 0 aliphatic heterocycles. The molecule has 0 aliphatic rings. The van der Waals surface area contributed by atoms with Crippen molar-refractivity contribution in [2.24, 2.45) is 0 Å². The van der Waals surface area contributed by atoms with Gasteiger partial charge in [0, 0.05) is 5.02 Å². The molecule has 110 valence electrons. The molecule has 2 aromatic rings. The SMILES string of the molecule is Cc1c(C)c(C)c(-c2cc(Cl)ccc2C(=O)O)c(C)c1C. The smallest absolute Gasteiger partial charge is 0.336 e. The fraction of sp³-hybridized carbons (Fsp3) is 0.278. The van der Waals surface area contributed by atoms with Crippen molar-refractivity contribution >= 4 is 17.6 Å². The predicted octanol–water partition coefficient (Wildman–Crippen LogP) is 5.25. The minimum Gasteiger partial charge on any atom is -0.478 e. The van der Waals surface area contributed by atoms with Gasteiger partial charge in [-0.3, -0.25) is 0 Å². The van der Waals surface area contributed by atoms with E-state index in [2.05, 4.69) is 20.8 Å². The van der Waals surface area contributed by atoms with Crippen LogP contribution in [-0.4, -0.2) is 11.1 Å². The Balaban J connectivity index is 2.92. The Bertz CT molecular complexity index is 716. The van der Waals surface area contributed by atoms with Crippen molar-refractivity contribution in [2.45, 2.75) is 34.6 Å². The van der Waals surface area contributed by atoms with Crippen molar-refractivity contribution in [1.82, 2.24) is 0 Å². The highest BCUT2D eigenvalue weighted by atomic mass is 35.5. The molecule has 0 aliphatic carbocycles. The van der Waals surface area contributed by atoms with Crippen molar-refractivity contribution in [2.75, 3.05) is 0 Å². The van der Waals surface area contributed by atoms with E-state index in [0.717, 1.165) is 16.7 Å². The summed E-state index contributed by atoms with van der Waals surface area (Å²) in [5.41, 5.74) is 7.84. The van der Waals surface area contributed by atoms with Crippen LogP contribution in [0.3, 0.4) is 0 Å². The summed E-state index contributed by atoms with van der Waals surface area (Å²) in [7, 11) is 0. The van der Waals surface area contributed by atoms with Gasteiger partial charge >= 0.3 is 5.97 Å². The van der Waals surface area contributed by atoms with Gasteiger partial charge in [-0.05, 0) is 91.8 Å². The first-order valence-corrected chi connectivity index (χ1v) is 7.23. The molecule has 2 rings (SSSR count). The van der Waals surface area contributed by atoms with Gasteiger partial charge < -0.3 is 5.11 Å². The molecular weight excluding hydrogens is 284 g/mol. The number of hydrogen-bond donors (Lipinski definition) is 1. The molecule has 2 nitrogen and oxygen atoms in total. The van der Waals surface area contributed by atoms with Gasteiger partial charge in [0.1, 0.15) is 0 Å². The maximum absolute atomic E-state index is 11.5. The third kappa shape index (κ3) is 2.56. The molecule has 0 aromatic heterocycles. The average molecular weight is 303 g/mol. The lowest BCUT2D eigenvalue weighted by Gasteiger charge is -2.20. The van der Waals surface area contributed by atoms with E-state index in [9.17, 15) is 9.90 Å². The molecule has 0 spiro atoms. The monoisotopic (exact) mass is 302 g/mol. The molecule has 21 heavy (non-hydrogen) atoms. The topological polar surface area (TPSA) is 37.3 Å². The summed E-state index contributed by atoms with van der Waals surface area (Å²) in [4.78, 5) is 11.5. The van der Waals surface area contributed by atoms with E-state index in [1.165, 1.54) is 16.7 Å². The Morgan fingerprint density at radius 1 is 0.905 bits per heavy atom. The zero-order valence-corrected chi connectivity index (χ0v) is 13.7. The quantitative estimate of drug-likeness (QED) is 0.823. The summed E-state index contributed by atoms with van der Waals surface area (Å²) in [5.74, 6) is -0.934. The van der Waals surface area contributed by atoms with Gasteiger partial charge in [0.2, 0.25) is 0 Å². The summed E-state index contributed by atoms with van der Waals surface area (Å²) in [6.07, 6.45) is 0. The molecule has 0 radical (unpaired) electrons. The maximum atomic E-state index is 11.5. The van der Waals surface area contributed by atoms with E-state index in [1.807, 2.05) is 13.8 Å². The second-order valence-electron chi connectivity index (χ2n) is 5.50. The highest BCUT2D eigenvalue weighted by Crippen LogP contribution is 2.37. The maximum Gasteiger partial charge on any atom is 0.336 e. The third-order valence-corrected chi connectivity index (χ3v) is 4.72. The Hall–Kier alpha value is -1.80. The minimum absolute atomic E-state index is 0.285. The molecule has 0 atom stereocenters. The van der Waals surface area contributed by atoms with Crippen LogP contribution in [0.4, 0.5) is 0 Å². The summed E-state index contributed by atoms with van der Waals surface area (Å²) >= 11 is 6.09. The highest BCUT2D eigenvalue weighted by molar-refractivity contribution is 6.31. The number of carboxylic acid groups (broad SMARTS) is 1. The lowest BCUT2D eigenvalue weighted by Crippen LogP contribution is -2.04. The van der Waals surface area contributed by atoms with Gasteiger partial charge in [-0.15, -0.1) is 0 Å². The van der Waals surface area contributed by atoms with Gasteiger partial charge in [-0.1, -0.05) is 11.6 Å². The fourth-order valence-electron chi connectivity index (χ4n) is 2.81. The highest BCUT2D eigenvalue weighted by Gasteiger charge is 2.19. The molecule has 0 fully saturated rings. The molecule has 0 amide bonds. The number of hydrogen-bond acceptors (Lipinski definition) is 1. The van der Waals surface area contributed by atoms with Crippen LogP contribution in [-0.2, 0) is 0 Å². The van der Waals surface area contributed by atoms with E-state index < -0.39 is 5.97 Å². The average Bonchev–Trinajstić information content (AvgIpc) is 2.43. The van der Waals surface area contributed by atoms with Crippen LogP contribution in [0.1, 0.15) is 38.2 Å². The second-order valence-corrected chi connectivity index (χ2v) is 5.93. The molecule has 2 aromatic carbocycles. The fourth-order valence-corrected chi connectivity index (χ4v) is 2.99. The van der Waals surface area contributed by atoms with Gasteiger partial charge in [0.15, 0.2) is 0 Å². The lowest BCUT2D eigenvalue weighted by atomic mass is 9.85. The Labute approximate surface area is 130 Å². The van der Waals surface area contributed by atoms with Gasteiger partial charge in [-0.25, -0.2) is 4.79 Å². The molecular formula is C18H19ClO2. The molecule has 0 saturated heterocycles. The first-order valence-electron chi connectivity index (χ1n) is 6.85. The van der Waals surface area contributed by atoms with Crippen LogP contribution in [0.15, 0.2) is 18.2 Å². The van der Waals surface area contributed by atoms with Crippen molar-refractivity contribution in [3.8, 4) is 11.1 Å². The Kier molecular flexibility index (Phi) is 4.11. The largest absolute Gasteiger partial charge is 0.478 e. The van der Waals surface area contributed by atoms with E-state index in [1.54, 1.807) is 18.2 Å². The predicted molar refractivity (Wildman–Crippen MR) is 87.5 cm³/mol. The van der Waals surface area contributed by atoms with Crippen molar-refractivity contribution in [3.05, 3.63) is 56.6 Å². The van der Waals surface area contributed by atoms with Crippen molar-refractivity contribution in [3.63, 3.8) is 0 Å². The van der Waals surface area contributed by atoms with E-state index in [0.29, 0.717) is 10.6 Å². The van der Waals surface area contributed by atoms with Crippen LogP contribution in [0, 0.1) is 34.6 Å². The first kappa shape index (κ1) is 15.6. The zero-order valence-electron chi connectivity index (χ0n) is 13.0. The van der Waals surface area contributed by atoms with E-state index >= 15 is 0 Å². The Morgan fingerprint density at radius 3 is 1.86 bits per heavy atom. The summed E-state index contributed by atoms with van der Waals surface area (Å²) in [6, 6.07) is 4.94. The van der Waals surface area contributed by atoms with Crippen LogP contribution >= 0.6 is 11.6 Å². The summed E-state index contributed by atoms with van der Waals surface area (Å²) in [6.45, 7) is 10.3. The van der Waals surface area contributed by atoms with E-state index in [-0.39, 0.29) is 5.56 Å². The number of carboxylic acids is 1. The van der Waals surface area contributed by atoms with Crippen LogP contribution in [0.2, 0.25) is 5.02 Å². The second kappa shape index (κ2) is 5.53. The van der Waals surface area contributed by atoms with Gasteiger partial charge in [-0.2, -0.15) is 0 Å². The van der Waals surface area contributed by atoms with Crippen molar-refractivity contribution in [1.29, 1.82) is 0 Å². The van der Waals surface area contributed by atoms with Crippen LogP contribution < -0.4 is 0 Å². The van der Waals surface area contributed by atoms with Crippen molar-refractivity contribution < 1.29 is 9.90 Å². The number of aromatic carboxylic acids is 1. The number of carbonyl (C=O) groups is 1. The third-order valence-electron chi connectivity index (χ3n) is 4.48. The summed E-state index contributed by atoms with van der Waals surface area (Å²) in [5, 5.41) is 10.00. The molecule has 3 heteroatoms. The first-order chi connectivity index (χ1) is 9.75. The number of benzene rings is 2. The van der Waals surface area contributed by atoms with Crippen LogP contribution in [0.25, 0.3) is 11.1 Å². The normalized spacial score (nSPS) is 10.8. The van der Waals surface area contributed by atoms with Gasteiger partial charge in [0.05, 0.1) is 5.56 Å². The molecule has 0 saturated carbocycles. The molecule has 1 N–H and O–H groups in total. The zero-order chi connectivity index (χ0) is 15.9. The summed E-state index contributed by atoms with van der Waals surface area (Å²) < 4.78 is 0. The molecule has 0 heterocycles. The van der Waals surface area contributed by atoms with Gasteiger partial charge in [0.25, 0.3) is 0 Å². The van der Waals surface area contributed by atoms with E-state index in [4.69, 9.17) is 11.6 Å². The molecule has 0 bridgehead atoms. The number of halogens is 1. The lowest BCUT2D eigenvalue weighted by molar-refractivity contribution is 0.0698. The number of rotatable bonds is 2. The van der Waals surface area contributed by atoms with Crippen LogP contribution in [0.5, 0.6) is 0 Å². The molecule has 0 unspecified atom stereocenters. The minimum atomic E-state index is -0.934. The standard InChI is InChI=1S/C18H19ClO2/c1-9-10(2)12(4)17(13(5)11(9)3)16-8-14(19)6-7-15(16)18(20)21/h6-8H,1-5H3,(H,20,21). The Morgan fingerprint density at radius 2 is 1.38 bits per heavy atom.